The highest BCUT2D eigenvalue weighted by Crippen LogP contribution is 2.07. The minimum absolute atomic E-state index is 0.113. The number of carboxylic acids is 1. The predicted molar refractivity (Wildman–Crippen MR) is 108 cm³/mol. The smallest absolute Gasteiger partial charge is 0.326 e. The molecule has 4 unspecified atom stereocenters. The minimum Gasteiger partial charge on any atom is -0.480 e. The van der Waals surface area contributed by atoms with Gasteiger partial charge in [0.15, 0.2) is 0 Å². The van der Waals surface area contributed by atoms with Crippen molar-refractivity contribution in [1.29, 1.82) is 0 Å². The summed E-state index contributed by atoms with van der Waals surface area (Å²) in [4.78, 5) is 48.3. The number of rotatable bonds is 10. The first-order chi connectivity index (χ1) is 13.5. The Labute approximate surface area is 170 Å². The van der Waals surface area contributed by atoms with Crippen LogP contribution in [0.25, 0.3) is 0 Å². The summed E-state index contributed by atoms with van der Waals surface area (Å²) in [5, 5.41) is 17.0. The molecular formula is C20H30N4O5. The standard InChI is InChI=1S/C20H30N4O5/c1-11(2)16(24-18(26)13(4)22-17(25)12(3)21)19(27)23-15(20(28)29)10-14-8-6-5-7-9-14/h5-9,11-13,15-16H,10,21H2,1-4H3,(H,22,25)(H,23,27)(H,24,26)(H,28,29). The molecular weight excluding hydrogens is 376 g/mol. The van der Waals surface area contributed by atoms with E-state index in [0.29, 0.717) is 0 Å². The van der Waals surface area contributed by atoms with Crippen LogP contribution in [0.15, 0.2) is 30.3 Å². The number of hydrogen-bond acceptors (Lipinski definition) is 5. The highest BCUT2D eigenvalue weighted by atomic mass is 16.4. The molecule has 3 amide bonds. The normalized spacial score (nSPS) is 15.0. The summed E-state index contributed by atoms with van der Waals surface area (Å²) in [6.45, 7) is 6.41. The first-order valence-corrected chi connectivity index (χ1v) is 9.46. The maximum atomic E-state index is 12.7. The van der Waals surface area contributed by atoms with Gasteiger partial charge in [0.2, 0.25) is 17.7 Å². The summed E-state index contributed by atoms with van der Waals surface area (Å²) in [5.74, 6) is -3.15. The maximum absolute atomic E-state index is 12.7. The number of carboxylic acid groups (broad SMARTS) is 1. The molecule has 1 aromatic rings. The number of carbonyl (C=O) groups excluding carboxylic acids is 3. The number of nitrogens with two attached hydrogens (primary N) is 1. The average Bonchev–Trinajstić information content (AvgIpc) is 2.65. The molecule has 0 spiro atoms. The molecule has 0 saturated carbocycles. The first-order valence-electron chi connectivity index (χ1n) is 9.46. The molecule has 9 nitrogen and oxygen atoms in total. The third kappa shape index (κ3) is 7.90. The molecule has 0 bridgehead atoms. The fourth-order valence-corrected chi connectivity index (χ4v) is 2.53. The van der Waals surface area contributed by atoms with Gasteiger partial charge in [-0.2, -0.15) is 0 Å². The van der Waals surface area contributed by atoms with Gasteiger partial charge in [-0.25, -0.2) is 4.79 Å². The van der Waals surface area contributed by atoms with Crippen molar-refractivity contribution in [3.63, 3.8) is 0 Å². The topological polar surface area (TPSA) is 151 Å². The van der Waals surface area contributed by atoms with Crippen molar-refractivity contribution in [2.45, 2.75) is 58.3 Å². The molecule has 0 radical (unpaired) electrons. The van der Waals surface area contributed by atoms with Gasteiger partial charge in [-0.3, -0.25) is 14.4 Å². The summed E-state index contributed by atoms with van der Waals surface area (Å²) in [7, 11) is 0. The van der Waals surface area contributed by atoms with E-state index in [1.54, 1.807) is 38.1 Å². The number of benzene rings is 1. The van der Waals surface area contributed by atoms with Crippen molar-refractivity contribution < 1.29 is 24.3 Å². The molecule has 0 aromatic heterocycles. The minimum atomic E-state index is -1.17. The van der Waals surface area contributed by atoms with Gasteiger partial charge in [0.25, 0.3) is 0 Å². The zero-order valence-electron chi connectivity index (χ0n) is 17.1. The molecule has 9 heteroatoms. The van der Waals surface area contributed by atoms with Crippen LogP contribution < -0.4 is 21.7 Å². The molecule has 0 heterocycles. The van der Waals surface area contributed by atoms with Gasteiger partial charge in [-0.1, -0.05) is 44.2 Å². The van der Waals surface area contributed by atoms with Gasteiger partial charge in [0.05, 0.1) is 6.04 Å². The number of aliphatic carboxylic acids is 1. The number of hydrogen-bond donors (Lipinski definition) is 5. The molecule has 0 aliphatic rings. The lowest BCUT2D eigenvalue weighted by Gasteiger charge is -2.26. The van der Waals surface area contributed by atoms with Gasteiger partial charge in [-0.15, -0.1) is 0 Å². The van der Waals surface area contributed by atoms with Crippen LogP contribution in [0.3, 0.4) is 0 Å². The van der Waals surface area contributed by atoms with E-state index in [4.69, 9.17) is 5.73 Å². The number of amides is 3. The van der Waals surface area contributed by atoms with Gasteiger partial charge in [0, 0.05) is 6.42 Å². The van der Waals surface area contributed by atoms with Crippen molar-refractivity contribution >= 4 is 23.7 Å². The van der Waals surface area contributed by atoms with E-state index in [2.05, 4.69) is 16.0 Å². The van der Waals surface area contributed by atoms with Crippen LogP contribution in [0, 0.1) is 5.92 Å². The lowest BCUT2D eigenvalue weighted by molar-refractivity contribution is -0.142. The second-order valence-corrected chi connectivity index (χ2v) is 7.34. The third-order valence-corrected chi connectivity index (χ3v) is 4.31. The summed E-state index contributed by atoms with van der Waals surface area (Å²) in [6.07, 6.45) is 0.113. The van der Waals surface area contributed by atoms with Gasteiger partial charge < -0.3 is 26.8 Å². The van der Waals surface area contributed by atoms with E-state index < -0.39 is 47.9 Å². The van der Waals surface area contributed by atoms with Crippen LogP contribution in [-0.2, 0) is 25.6 Å². The van der Waals surface area contributed by atoms with Crippen molar-refractivity contribution in [3.05, 3.63) is 35.9 Å². The van der Waals surface area contributed by atoms with E-state index in [1.807, 2.05) is 6.07 Å². The molecule has 29 heavy (non-hydrogen) atoms. The SMILES string of the molecule is CC(N)C(=O)NC(C)C(=O)NC(C(=O)NC(Cc1ccccc1)C(=O)O)C(C)C. The van der Waals surface area contributed by atoms with E-state index in [9.17, 15) is 24.3 Å². The molecule has 0 aliphatic heterocycles. The summed E-state index contributed by atoms with van der Waals surface area (Å²) < 4.78 is 0. The van der Waals surface area contributed by atoms with Crippen LogP contribution in [0.5, 0.6) is 0 Å². The predicted octanol–water partition coefficient (Wildman–Crippen LogP) is -0.209. The third-order valence-electron chi connectivity index (χ3n) is 4.31. The quantitative estimate of drug-likeness (QED) is 0.363. The Hall–Kier alpha value is -2.94. The zero-order chi connectivity index (χ0) is 22.1. The summed E-state index contributed by atoms with van der Waals surface area (Å²) in [5.41, 5.74) is 6.23. The molecule has 160 valence electrons. The number of nitrogens with one attached hydrogen (secondary N) is 3. The fourth-order valence-electron chi connectivity index (χ4n) is 2.53. The van der Waals surface area contributed by atoms with Crippen LogP contribution in [0.1, 0.15) is 33.3 Å². The average molecular weight is 406 g/mol. The Morgan fingerprint density at radius 1 is 0.897 bits per heavy atom. The van der Waals surface area contributed by atoms with Crippen LogP contribution in [0.4, 0.5) is 0 Å². The molecule has 1 rings (SSSR count). The maximum Gasteiger partial charge on any atom is 0.326 e. The van der Waals surface area contributed by atoms with Crippen molar-refractivity contribution in [2.24, 2.45) is 11.7 Å². The number of carbonyl (C=O) groups is 4. The van der Waals surface area contributed by atoms with E-state index in [-0.39, 0.29) is 12.3 Å². The Kier molecular flexibility index (Phi) is 9.27. The van der Waals surface area contributed by atoms with E-state index in [0.717, 1.165) is 5.56 Å². The monoisotopic (exact) mass is 406 g/mol. The lowest BCUT2D eigenvalue weighted by Crippen LogP contribution is -2.57. The second kappa shape index (κ2) is 11.2. The first kappa shape index (κ1) is 24.1. The van der Waals surface area contributed by atoms with Crippen molar-refractivity contribution in [3.8, 4) is 0 Å². The van der Waals surface area contributed by atoms with Gasteiger partial charge >= 0.3 is 5.97 Å². The Balaban J connectivity index is 2.80. The van der Waals surface area contributed by atoms with Crippen LogP contribution in [-0.4, -0.2) is 53.0 Å². The van der Waals surface area contributed by atoms with Gasteiger partial charge in [-0.05, 0) is 25.3 Å². The zero-order valence-corrected chi connectivity index (χ0v) is 17.1. The molecule has 0 aliphatic carbocycles. The highest BCUT2D eigenvalue weighted by molar-refractivity contribution is 5.94. The van der Waals surface area contributed by atoms with Crippen LogP contribution >= 0.6 is 0 Å². The van der Waals surface area contributed by atoms with Crippen LogP contribution in [0.2, 0.25) is 0 Å². The van der Waals surface area contributed by atoms with Crippen molar-refractivity contribution in [2.75, 3.05) is 0 Å². The lowest BCUT2D eigenvalue weighted by atomic mass is 10.0. The Morgan fingerprint density at radius 2 is 1.48 bits per heavy atom. The largest absolute Gasteiger partial charge is 0.480 e. The Bertz CT molecular complexity index is 721. The van der Waals surface area contributed by atoms with Crippen molar-refractivity contribution in [1.82, 2.24) is 16.0 Å². The summed E-state index contributed by atoms with van der Waals surface area (Å²) in [6, 6.07) is 5.14. The van der Waals surface area contributed by atoms with E-state index in [1.165, 1.54) is 13.8 Å². The fraction of sp³-hybridized carbons (Fsp3) is 0.500. The second-order valence-electron chi connectivity index (χ2n) is 7.34. The van der Waals surface area contributed by atoms with E-state index >= 15 is 0 Å². The highest BCUT2D eigenvalue weighted by Gasteiger charge is 2.30. The molecule has 1 aromatic carbocycles. The molecule has 0 saturated heterocycles. The Morgan fingerprint density at radius 3 is 1.97 bits per heavy atom. The molecule has 6 N–H and O–H groups in total. The molecule has 0 fully saturated rings. The summed E-state index contributed by atoms with van der Waals surface area (Å²) >= 11 is 0. The molecule has 4 atom stereocenters. The van der Waals surface area contributed by atoms with Gasteiger partial charge in [0.1, 0.15) is 18.1 Å².